The Morgan fingerprint density at radius 2 is 2.00 bits per heavy atom. The molecule has 0 bridgehead atoms. The third kappa shape index (κ3) is 5.37. The largest absolute Gasteiger partial charge is 0.484 e. The van der Waals surface area contributed by atoms with Crippen molar-refractivity contribution in [1.82, 2.24) is 10.2 Å². The standard InChI is InChI=1S/C18H24N2O4/c1-2-16(21)14-6-8-15(9-7-14)24-13-17(22)19-10-4-12-20-11-3-5-18(20)23/h6-9H,2-5,10-13H2,1H3,(H,19,22). The molecule has 1 N–H and O–H groups in total. The first-order valence-electron chi connectivity index (χ1n) is 8.40. The molecule has 6 nitrogen and oxygen atoms in total. The van der Waals surface area contributed by atoms with Gasteiger partial charge in [0.1, 0.15) is 5.75 Å². The summed E-state index contributed by atoms with van der Waals surface area (Å²) in [5.74, 6) is 0.641. The highest BCUT2D eigenvalue weighted by molar-refractivity contribution is 5.95. The van der Waals surface area contributed by atoms with Gasteiger partial charge >= 0.3 is 0 Å². The van der Waals surface area contributed by atoms with E-state index in [9.17, 15) is 14.4 Å². The maximum absolute atomic E-state index is 11.7. The Kier molecular flexibility index (Phi) is 6.78. The van der Waals surface area contributed by atoms with Gasteiger partial charge in [0.05, 0.1) is 0 Å². The number of hydrogen-bond acceptors (Lipinski definition) is 4. The maximum Gasteiger partial charge on any atom is 0.257 e. The van der Waals surface area contributed by atoms with Crippen LogP contribution in [0.1, 0.15) is 43.0 Å². The number of Topliss-reactive ketones (excluding diaryl/α,β-unsaturated/α-hetero) is 1. The van der Waals surface area contributed by atoms with Crippen LogP contribution in [0.25, 0.3) is 0 Å². The summed E-state index contributed by atoms with van der Waals surface area (Å²) in [6, 6.07) is 6.78. The number of nitrogens with zero attached hydrogens (tertiary/aromatic N) is 1. The summed E-state index contributed by atoms with van der Waals surface area (Å²) in [6.45, 7) is 3.79. The van der Waals surface area contributed by atoms with Gasteiger partial charge < -0.3 is 15.0 Å². The number of amides is 2. The summed E-state index contributed by atoms with van der Waals surface area (Å²) in [7, 11) is 0. The number of rotatable bonds is 9. The highest BCUT2D eigenvalue weighted by atomic mass is 16.5. The van der Waals surface area contributed by atoms with E-state index in [2.05, 4.69) is 5.32 Å². The number of benzene rings is 1. The monoisotopic (exact) mass is 332 g/mol. The summed E-state index contributed by atoms with van der Waals surface area (Å²) in [4.78, 5) is 36.5. The molecule has 0 saturated carbocycles. The van der Waals surface area contributed by atoms with Gasteiger partial charge in [0, 0.05) is 38.0 Å². The molecule has 130 valence electrons. The van der Waals surface area contributed by atoms with Crippen molar-refractivity contribution in [2.24, 2.45) is 0 Å². The number of hydrogen-bond donors (Lipinski definition) is 1. The van der Waals surface area contributed by atoms with E-state index in [1.54, 1.807) is 24.3 Å². The van der Waals surface area contributed by atoms with Crippen LogP contribution in [-0.2, 0) is 9.59 Å². The van der Waals surface area contributed by atoms with E-state index in [4.69, 9.17) is 4.74 Å². The third-order valence-electron chi connectivity index (χ3n) is 3.97. The van der Waals surface area contributed by atoms with E-state index in [0.29, 0.717) is 37.2 Å². The fraction of sp³-hybridized carbons (Fsp3) is 0.500. The van der Waals surface area contributed by atoms with Crippen molar-refractivity contribution in [3.05, 3.63) is 29.8 Å². The summed E-state index contributed by atoms with van der Waals surface area (Å²) in [5, 5.41) is 2.77. The molecule has 1 aromatic carbocycles. The van der Waals surface area contributed by atoms with Gasteiger partial charge in [0.15, 0.2) is 12.4 Å². The molecule has 0 unspecified atom stereocenters. The lowest BCUT2D eigenvalue weighted by Gasteiger charge is -2.15. The summed E-state index contributed by atoms with van der Waals surface area (Å²) in [5.41, 5.74) is 0.644. The van der Waals surface area contributed by atoms with E-state index < -0.39 is 0 Å². The fourth-order valence-corrected chi connectivity index (χ4v) is 2.58. The zero-order valence-electron chi connectivity index (χ0n) is 14.0. The minimum Gasteiger partial charge on any atom is -0.484 e. The Balaban J connectivity index is 1.62. The third-order valence-corrected chi connectivity index (χ3v) is 3.97. The van der Waals surface area contributed by atoms with E-state index in [1.165, 1.54) is 0 Å². The lowest BCUT2D eigenvalue weighted by Crippen LogP contribution is -2.33. The molecule has 0 atom stereocenters. The molecular weight excluding hydrogens is 308 g/mol. The molecule has 1 aliphatic rings. The molecular formula is C18H24N2O4. The van der Waals surface area contributed by atoms with Gasteiger partial charge in [-0.2, -0.15) is 0 Å². The lowest BCUT2D eigenvalue weighted by molar-refractivity contribution is -0.127. The number of carbonyl (C=O) groups is 3. The van der Waals surface area contributed by atoms with Gasteiger partial charge in [-0.15, -0.1) is 0 Å². The number of ketones is 1. The first-order valence-corrected chi connectivity index (χ1v) is 8.40. The number of likely N-dealkylation sites (tertiary alicyclic amines) is 1. The second kappa shape index (κ2) is 9.05. The van der Waals surface area contributed by atoms with Crippen molar-refractivity contribution in [2.75, 3.05) is 26.2 Å². The van der Waals surface area contributed by atoms with Gasteiger partial charge in [0.25, 0.3) is 5.91 Å². The zero-order valence-corrected chi connectivity index (χ0v) is 14.0. The van der Waals surface area contributed by atoms with E-state index >= 15 is 0 Å². The molecule has 2 amide bonds. The molecule has 1 fully saturated rings. The molecule has 24 heavy (non-hydrogen) atoms. The van der Waals surface area contributed by atoms with Crippen LogP contribution in [0.4, 0.5) is 0 Å². The average molecular weight is 332 g/mol. The van der Waals surface area contributed by atoms with Gasteiger partial charge in [-0.05, 0) is 37.1 Å². The van der Waals surface area contributed by atoms with Gasteiger partial charge in [-0.3, -0.25) is 14.4 Å². The van der Waals surface area contributed by atoms with Crippen LogP contribution in [0.3, 0.4) is 0 Å². The summed E-state index contributed by atoms with van der Waals surface area (Å²) >= 11 is 0. The Hall–Kier alpha value is -2.37. The molecule has 0 radical (unpaired) electrons. The number of carbonyl (C=O) groups excluding carboxylic acids is 3. The number of nitrogens with one attached hydrogen (secondary N) is 1. The van der Waals surface area contributed by atoms with E-state index in [1.807, 2.05) is 11.8 Å². The van der Waals surface area contributed by atoms with Crippen molar-refractivity contribution in [3.8, 4) is 5.75 Å². The predicted octanol–water partition coefficient (Wildman–Crippen LogP) is 1.79. The van der Waals surface area contributed by atoms with Crippen LogP contribution >= 0.6 is 0 Å². The van der Waals surface area contributed by atoms with Crippen LogP contribution in [0.15, 0.2) is 24.3 Å². The smallest absolute Gasteiger partial charge is 0.257 e. The van der Waals surface area contributed by atoms with E-state index in [-0.39, 0.29) is 24.2 Å². The summed E-state index contributed by atoms with van der Waals surface area (Å²) in [6.07, 6.45) is 2.78. The van der Waals surface area contributed by atoms with Crippen molar-refractivity contribution >= 4 is 17.6 Å². The van der Waals surface area contributed by atoms with Crippen molar-refractivity contribution < 1.29 is 19.1 Å². The highest BCUT2D eigenvalue weighted by Crippen LogP contribution is 2.13. The first kappa shape index (κ1) is 18.0. The van der Waals surface area contributed by atoms with Crippen molar-refractivity contribution in [2.45, 2.75) is 32.6 Å². The SMILES string of the molecule is CCC(=O)c1ccc(OCC(=O)NCCCN2CCCC2=O)cc1. The Morgan fingerprint density at radius 3 is 2.62 bits per heavy atom. The number of ether oxygens (including phenoxy) is 1. The second-order valence-corrected chi connectivity index (χ2v) is 5.78. The Labute approximate surface area is 142 Å². The van der Waals surface area contributed by atoms with Crippen molar-refractivity contribution in [1.29, 1.82) is 0 Å². The molecule has 0 spiro atoms. The minimum atomic E-state index is -0.198. The van der Waals surface area contributed by atoms with Gasteiger partial charge in [0.2, 0.25) is 5.91 Å². The summed E-state index contributed by atoms with van der Waals surface area (Å²) < 4.78 is 5.40. The van der Waals surface area contributed by atoms with Crippen molar-refractivity contribution in [3.63, 3.8) is 0 Å². The average Bonchev–Trinajstić information content (AvgIpc) is 3.01. The lowest BCUT2D eigenvalue weighted by atomic mass is 10.1. The zero-order chi connectivity index (χ0) is 17.4. The topological polar surface area (TPSA) is 75.7 Å². The van der Waals surface area contributed by atoms with Crippen LogP contribution in [-0.4, -0.2) is 48.7 Å². The van der Waals surface area contributed by atoms with E-state index in [0.717, 1.165) is 19.4 Å². The first-order chi connectivity index (χ1) is 11.6. The molecule has 0 aromatic heterocycles. The Bertz CT molecular complexity index is 583. The van der Waals surface area contributed by atoms with Gasteiger partial charge in [-0.1, -0.05) is 6.92 Å². The quantitative estimate of drug-likeness (QED) is 0.552. The van der Waals surface area contributed by atoms with Crippen LogP contribution in [0.2, 0.25) is 0 Å². The molecule has 1 heterocycles. The molecule has 0 aliphatic carbocycles. The minimum absolute atomic E-state index is 0.0658. The molecule has 6 heteroatoms. The molecule has 1 saturated heterocycles. The van der Waals surface area contributed by atoms with Crippen LogP contribution in [0.5, 0.6) is 5.75 Å². The predicted molar refractivity (Wildman–Crippen MR) is 90.0 cm³/mol. The van der Waals surface area contributed by atoms with Crippen LogP contribution in [0, 0.1) is 0 Å². The second-order valence-electron chi connectivity index (χ2n) is 5.78. The fourth-order valence-electron chi connectivity index (χ4n) is 2.58. The molecule has 2 rings (SSSR count). The Morgan fingerprint density at radius 1 is 1.25 bits per heavy atom. The molecule has 1 aliphatic heterocycles. The van der Waals surface area contributed by atoms with Crippen LogP contribution < -0.4 is 10.1 Å². The highest BCUT2D eigenvalue weighted by Gasteiger charge is 2.19. The maximum atomic E-state index is 11.7. The normalized spacial score (nSPS) is 13.9. The van der Waals surface area contributed by atoms with Gasteiger partial charge in [-0.25, -0.2) is 0 Å². The molecule has 1 aromatic rings.